The molecule has 2 aromatic carbocycles. The first kappa shape index (κ1) is 23.4. The van der Waals surface area contributed by atoms with Gasteiger partial charge in [0.25, 0.3) is 5.91 Å². The molecule has 1 unspecified atom stereocenters. The number of carboxylic acid groups (broad SMARTS) is 1. The van der Waals surface area contributed by atoms with E-state index in [4.69, 9.17) is 9.84 Å². The fraction of sp³-hybridized carbons (Fsp3) is 0.280. The van der Waals surface area contributed by atoms with Gasteiger partial charge in [0.15, 0.2) is 0 Å². The van der Waals surface area contributed by atoms with Crippen LogP contribution in [0.3, 0.4) is 0 Å². The van der Waals surface area contributed by atoms with E-state index in [1.54, 1.807) is 12.3 Å². The third-order valence-electron chi connectivity index (χ3n) is 5.75. The van der Waals surface area contributed by atoms with E-state index in [1.165, 1.54) is 22.5 Å². The first-order valence-electron chi connectivity index (χ1n) is 11.0. The Kier molecular flexibility index (Phi) is 7.22. The fourth-order valence-corrected chi connectivity index (χ4v) is 4.80. The number of aliphatic carboxylic acids is 1. The standard InChI is InChI=1S/C25H25N3O5S/c1-2-20(24(30)31)28-23(29)21-14-34-22(27-21)11-12-26-25(32)33-13-19-17-9-5-3-7-15(17)16-8-4-6-10-18(16)19/h3-10,14,19-20H,2,11-13H2,1H3,(H,26,32)(H,28,29)(H,30,31). The molecular weight excluding hydrogens is 454 g/mol. The number of thiazole rings is 1. The van der Waals surface area contributed by atoms with Gasteiger partial charge in [0.2, 0.25) is 0 Å². The molecule has 0 saturated heterocycles. The summed E-state index contributed by atoms with van der Waals surface area (Å²) in [5, 5.41) is 16.5. The lowest BCUT2D eigenvalue weighted by Gasteiger charge is -2.14. The molecule has 3 N–H and O–H groups in total. The van der Waals surface area contributed by atoms with Crippen LogP contribution in [0.2, 0.25) is 0 Å². The van der Waals surface area contributed by atoms with Crippen LogP contribution in [0.1, 0.15) is 45.9 Å². The van der Waals surface area contributed by atoms with Gasteiger partial charge < -0.3 is 20.5 Å². The van der Waals surface area contributed by atoms with Gasteiger partial charge in [0.1, 0.15) is 18.3 Å². The number of fused-ring (bicyclic) bond motifs is 3. The molecule has 0 bridgehead atoms. The summed E-state index contributed by atoms with van der Waals surface area (Å²) in [6.07, 6.45) is 0.198. The summed E-state index contributed by atoms with van der Waals surface area (Å²) in [5.74, 6) is -1.62. The number of carboxylic acids is 1. The highest BCUT2D eigenvalue weighted by Crippen LogP contribution is 2.44. The molecule has 0 spiro atoms. The van der Waals surface area contributed by atoms with E-state index < -0.39 is 24.0 Å². The van der Waals surface area contributed by atoms with Crippen LogP contribution in [-0.4, -0.2) is 47.3 Å². The largest absolute Gasteiger partial charge is 0.480 e. The molecule has 0 saturated carbocycles. The van der Waals surface area contributed by atoms with Crippen LogP contribution in [0.25, 0.3) is 11.1 Å². The Morgan fingerprint density at radius 1 is 1.09 bits per heavy atom. The minimum atomic E-state index is -1.08. The molecule has 1 heterocycles. The van der Waals surface area contributed by atoms with Crippen molar-refractivity contribution >= 4 is 29.3 Å². The van der Waals surface area contributed by atoms with Crippen LogP contribution in [0.15, 0.2) is 53.9 Å². The molecule has 3 aromatic rings. The zero-order valence-corrected chi connectivity index (χ0v) is 19.4. The number of hydrogen-bond acceptors (Lipinski definition) is 6. The number of carbonyl (C=O) groups excluding carboxylic acids is 2. The van der Waals surface area contributed by atoms with E-state index in [0.717, 1.165) is 11.1 Å². The molecular formula is C25H25N3O5S. The lowest BCUT2D eigenvalue weighted by Crippen LogP contribution is -2.40. The van der Waals surface area contributed by atoms with E-state index in [0.29, 0.717) is 18.0 Å². The van der Waals surface area contributed by atoms with Crippen LogP contribution in [-0.2, 0) is 16.0 Å². The predicted octanol–water partition coefficient (Wildman–Crippen LogP) is 3.82. The topological polar surface area (TPSA) is 118 Å². The summed E-state index contributed by atoms with van der Waals surface area (Å²) in [6, 6.07) is 15.3. The van der Waals surface area contributed by atoms with Crippen molar-refractivity contribution in [3.05, 3.63) is 75.7 Å². The molecule has 1 aliphatic rings. The molecule has 2 amide bonds. The van der Waals surface area contributed by atoms with Gasteiger partial charge in [0, 0.05) is 24.3 Å². The number of alkyl carbamates (subject to hydrolysis) is 1. The first-order chi connectivity index (χ1) is 16.5. The van der Waals surface area contributed by atoms with Crippen LogP contribution >= 0.6 is 11.3 Å². The highest BCUT2D eigenvalue weighted by atomic mass is 32.1. The molecule has 0 aliphatic heterocycles. The van der Waals surface area contributed by atoms with Gasteiger partial charge in [-0.05, 0) is 28.7 Å². The molecule has 1 aromatic heterocycles. The van der Waals surface area contributed by atoms with Crippen molar-refractivity contribution in [1.29, 1.82) is 0 Å². The SMILES string of the molecule is CCC(NC(=O)c1csc(CCNC(=O)OCC2c3ccccc3-c3ccccc32)n1)C(=O)O. The maximum atomic E-state index is 12.3. The van der Waals surface area contributed by atoms with Crippen molar-refractivity contribution in [1.82, 2.24) is 15.6 Å². The van der Waals surface area contributed by atoms with E-state index in [1.807, 2.05) is 24.3 Å². The zero-order chi connectivity index (χ0) is 24.1. The number of aromatic nitrogens is 1. The lowest BCUT2D eigenvalue weighted by molar-refractivity contribution is -0.139. The first-order valence-corrected chi connectivity index (χ1v) is 11.9. The lowest BCUT2D eigenvalue weighted by atomic mass is 9.98. The summed E-state index contributed by atoms with van der Waals surface area (Å²) in [7, 11) is 0. The van der Waals surface area contributed by atoms with Crippen molar-refractivity contribution in [2.75, 3.05) is 13.2 Å². The minimum Gasteiger partial charge on any atom is -0.480 e. The molecule has 34 heavy (non-hydrogen) atoms. The minimum absolute atomic E-state index is 0.00377. The summed E-state index contributed by atoms with van der Waals surface area (Å²) >= 11 is 1.28. The average molecular weight is 480 g/mol. The molecule has 1 atom stereocenters. The number of rotatable bonds is 9. The Morgan fingerprint density at radius 3 is 2.35 bits per heavy atom. The Bertz CT molecular complexity index is 1160. The van der Waals surface area contributed by atoms with Gasteiger partial charge in [-0.1, -0.05) is 55.5 Å². The molecule has 8 nitrogen and oxygen atoms in total. The number of ether oxygens (including phenoxy) is 1. The molecule has 1 aliphatic carbocycles. The third-order valence-corrected chi connectivity index (χ3v) is 6.66. The smallest absolute Gasteiger partial charge is 0.407 e. The van der Waals surface area contributed by atoms with Gasteiger partial charge in [-0.25, -0.2) is 14.6 Å². The van der Waals surface area contributed by atoms with E-state index in [-0.39, 0.29) is 24.6 Å². The van der Waals surface area contributed by atoms with Crippen LogP contribution in [0, 0.1) is 0 Å². The average Bonchev–Trinajstić information content (AvgIpc) is 3.44. The number of benzene rings is 2. The van der Waals surface area contributed by atoms with E-state index in [2.05, 4.69) is 39.9 Å². The van der Waals surface area contributed by atoms with Gasteiger partial charge in [0.05, 0.1) is 5.01 Å². The number of nitrogens with zero attached hydrogens (tertiary/aromatic N) is 1. The Morgan fingerprint density at radius 2 is 1.74 bits per heavy atom. The molecule has 9 heteroatoms. The maximum Gasteiger partial charge on any atom is 0.407 e. The number of nitrogens with one attached hydrogen (secondary N) is 2. The molecule has 0 fully saturated rings. The Balaban J connectivity index is 1.26. The van der Waals surface area contributed by atoms with E-state index >= 15 is 0 Å². The second kappa shape index (κ2) is 10.5. The number of hydrogen-bond donors (Lipinski definition) is 3. The van der Waals surface area contributed by atoms with Crippen molar-refractivity contribution in [3.8, 4) is 11.1 Å². The van der Waals surface area contributed by atoms with Gasteiger partial charge in [-0.2, -0.15) is 0 Å². The number of carbonyl (C=O) groups is 3. The second-order valence-electron chi connectivity index (χ2n) is 7.90. The highest BCUT2D eigenvalue weighted by Gasteiger charge is 2.29. The second-order valence-corrected chi connectivity index (χ2v) is 8.84. The summed E-state index contributed by atoms with van der Waals surface area (Å²) < 4.78 is 5.51. The Labute approximate surface area is 201 Å². The summed E-state index contributed by atoms with van der Waals surface area (Å²) in [5.41, 5.74) is 4.81. The van der Waals surface area contributed by atoms with Gasteiger partial charge in [-0.15, -0.1) is 11.3 Å². The van der Waals surface area contributed by atoms with Crippen molar-refractivity contribution in [2.24, 2.45) is 0 Å². The molecule has 4 rings (SSSR count). The predicted molar refractivity (Wildman–Crippen MR) is 128 cm³/mol. The Hall–Kier alpha value is -3.72. The third kappa shape index (κ3) is 5.09. The van der Waals surface area contributed by atoms with Gasteiger partial charge >= 0.3 is 12.1 Å². The summed E-state index contributed by atoms with van der Waals surface area (Å²) in [4.78, 5) is 39.8. The molecule has 0 radical (unpaired) electrons. The van der Waals surface area contributed by atoms with Crippen molar-refractivity contribution < 1.29 is 24.2 Å². The normalized spacial score (nSPS) is 13.0. The fourth-order valence-electron chi connectivity index (χ4n) is 4.02. The zero-order valence-electron chi connectivity index (χ0n) is 18.6. The maximum absolute atomic E-state index is 12.3. The highest BCUT2D eigenvalue weighted by molar-refractivity contribution is 7.09. The van der Waals surface area contributed by atoms with E-state index in [9.17, 15) is 14.4 Å². The quantitative estimate of drug-likeness (QED) is 0.430. The summed E-state index contributed by atoms with van der Waals surface area (Å²) in [6.45, 7) is 2.22. The van der Waals surface area contributed by atoms with Crippen molar-refractivity contribution in [3.63, 3.8) is 0 Å². The van der Waals surface area contributed by atoms with Crippen LogP contribution in [0.5, 0.6) is 0 Å². The van der Waals surface area contributed by atoms with Crippen LogP contribution < -0.4 is 10.6 Å². The number of amides is 2. The van der Waals surface area contributed by atoms with Crippen LogP contribution in [0.4, 0.5) is 4.79 Å². The van der Waals surface area contributed by atoms with Crippen molar-refractivity contribution in [2.45, 2.75) is 31.7 Å². The molecule has 176 valence electrons. The van der Waals surface area contributed by atoms with Gasteiger partial charge in [-0.3, -0.25) is 4.79 Å². The monoisotopic (exact) mass is 479 g/mol.